The van der Waals surface area contributed by atoms with E-state index >= 15 is 0 Å². The zero-order valence-corrected chi connectivity index (χ0v) is 10.3. The molecule has 0 radical (unpaired) electrons. The van der Waals surface area contributed by atoms with E-state index in [-0.39, 0.29) is 0 Å². The van der Waals surface area contributed by atoms with Crippen molar-refractivity contribution in [2.45, 2.75) is 31.6 Å². The minimum Gasteiger partial charge on any atom is -0.505 e. The van der Waals surface area contributed by atoms with Gasteiger partial charge in [-0.05, 0) is 25.3 Å². The Bertz CT molecular complexity index is 589. The Labute approximate surface area is 107 Å². The fraction of sp³-hybridized carbons (Fsp3) is 0.312. The molecule has 1 N–H and O–H groups in total. The summed E-state index contributed by atoms with van der Waals surface area (Å²) < 4.78 is 0. The lowest BCUT2D eigenvalue weighted by molar-refractivity contribution is 0.468. The van der Waals surface area contributed by atoms with Crippen LogP contribution in [-0.2, 0) is 0 Å². The highest BCUT2D eigenvalue weighted by atomic mass is 16.3. The summed E-state index contributed by atoms with van der Waals surface area (Å²) in [6.07, 6.45) is 10.9. The van der Waals surface area contributed by atoms with Crippen LogP contribution in [0.25, 0.3) is 10.9 Å². The molecule has 1 aromatic carbocycles. The second-order valence-corrected chi connectivity index (χ2v) is 4.90. The van der Waals surface area contributed by atoms with Gasteiger partial charge in [-0.15, -0.1) is 0 Å². The molecule has 0 saturated heterocycles. The lowest BCUT2D eigenvalue weighted by atomic mass is 9.93. The number of allylic oxidation sites excluding steroid dienone is 2. The minimum atomic E-state index is 0.332. The van der Waals surface area contributed by atoms with Gasteiger partial charge in [0.2, 0.25) is 0 Å². The van der Waals surface area contributed by atoms with E-state index in [1.165, 1.54) is 12.8 Å². The predicted molar refractivity (Wildman–Crippen MR) is 73.8 cm³/mol. The van der Waals surface area contributed by atoms with E-state index in [0.717, 1.165) is 23.8 Å². The number of aromatic nitrogens is 1. The molecule has 1 unspecified atom stereocenters. The topological polar surface area (TPSA) is 33.1 Å². The number of benzene rings is 1. The number of pyridine rings is 1. The van der Waals surface area contributed by atoms with E-state index in [1.807, 2.05) is 18.2 Å². The Kier molecular flexibility index (Phi) is 3.01. The molecule has 2 nitrogen and oxygen atoms in total. The summed E-state index contributed by atoms with van der Waals surface area (Å²) in [6.45, 7) is 0. The van der Waals surface area contributed by atoms with Gasteiger partial charge < -0.3 is 5.11 Å². The van der Waals surface area contributed by atoms with Crippen molar-refractivity contribution >= 4 is 10.9 Å². The predicted octanol–water partition coefficient (Wildman–Crippen LogP) is 4.15. The fourth-order valence-corrected chi connectivity index (χ4v) is 2.69. The lowest BCUT2D eigenvalue weighted by Crippen LogP contribution is -1.96. The third kappa shape index (κ3) is 1.99. The van der Waals surface area contributed by atoms with Gasteiger partial charge in [0.15, 0.2) is 0 Å². The molecule has 0 fully saturated rings. The Hall–Kier alpha value is -1.83. The van der Waals surface area contributed by atoms with Gasteiger partial charge in [0.1, 0.15) is 11.3 Å². The summed E-state index contributed by atoms with van der Waals surface area (Å²) in [7, 11) is 0. The fourth-order valence-electron chi connectivity index (χ4n) is 2.69. The largest absolute Gasteiger partial charge is 0.505 e. The summed E-state index contributed by atoms with van der Waals surface area (Å²) >= 11 is 0. The van der Waals surface area contributed by atoms with Gasteiger partial charge in [0.25, 0.3) is 0 Å². The number of hydrogen-bond donors (Lipinski definition) is 1. The Morgan fingerprint density at radius 3 is 3.06 bits per heavy atom. The van der Waals surface area contributed by atoms with Crippen LogP contribution in [0.5, 0.6) is 5.75 Å². The zero-order valence-electron chi connectivity index (χ0n) is 10.3. The second-order valence-electron chi connectivity index (χ2n) is 4.90. The summed E-state index contributed by atoms with van der Waals surface area (Å²) in [5.41, 5.74) is 1.73. The highest BCUT2D eigenvalue weighted by Gasteiger charge is 2.16. The first-order valence-corrected chi connectivity index (χ1v) is 6.59. The normalized spacial score (nSPS) is 19.9. The molecule has 18 heavy (non-hydrogen) atoms. The van der Waals surface area contributed by atoms with Gasteiger partial charge in [0.05, 0.1) is 0 Å². The van der Waals surface area contributed by atoms with Crippen LogP contribution in [0, 0.1) is 0 Å². The van der Waals surface area contributed by atoms with E-state index in [4.69, 9.17) is 0 Å². The Morgan fingerprint density at radius 2 is 2.11 bits per heavy atom. The quantitative estimate of drug-likeness (QED) is 0.758. The van der Waals surface area contributed by atoms with Crippen LogP contribution >= 0.6 is 0 Å². The van der Waals surface area contributed by atoms with Crippen molar-refractivity contribution in [3.05, 3.63) is 48.2 Å². The summed E-state index contributed by atoms with van der Waals surface area (Å²) in [4.78, 5) is 4.29. The number of nitrogens with zero attached hydrogens (tertiary/aromatic N) is 1. The first kappa shape index (κ1) is 11.3. The Balaban J connectivity index is 2.08. The van der Waals surface area contributed by atoms with Gasteiger partial charge in [0, 0.05) is 23.1 Å². The molecule has 92 valence electrons. The van der Waals surface area contributed by atoms with Crippen LogP contribution in [0.4, 0.5) is 0 Å². The molecule has 0 saturated carbocycles. The van der Waals surface area contributed by atoms with Crippen LogP contribution in [0.15, 0.2) is 42.6 Å². The summed E-state index contributed by atoms with van der Waals surface area (Å²) in [6, 6.07) is 7.97. The van der Waals surface area contributed by atoms with Crippen molar-refractivity contribution in [2.24, 2.45) is 0 Å². The zero-order chi connectivity index (χ0) is 12.4. The second kappa shape index (κ2) is 4.81. The molecule has 2 heteroatoms. The highest BCUT2D eigenvalue weighted by molar-refractivity contribution is 5.85. The van der Waals surface area contributed by atoms with Gasteiger partial charge in [-0.1, -0.05) is 36.8 Å². The highest BCUT2D eigenvalue weighted by Crippen LogP contribution is 2.36. The number of phenols is 1. The van der Waals surface area contributed by atoms with Crippen LogP contribution in [0.1, 0.15) is 37.2 Å². The third-order valence-corrected chi connectivity index (χ3v) is 3.68. The van der Waals surface area contributed by atoms with Crippen LogP contribution in [-0.4, -0.2) is 10.1 Å². The molecular formula is C16H17NO. The SMILES string of the molecule is Oc1c(C2C=CCCCC2)ccc2cccnc12. The molecule has 1 aliphatic rings. The van der Waals surface area contributed by atoms with Crippen molar-refractivity contribution in [3.63, 3.8) is 0 Å². The van der Waals surface area contributed by atoms with Gasteiger partial charge in [-0.3, -0.25) is 4.98 Å². The number of rotatable bonds is 1. The smallest absolute Gasteiger partial charge is 0.145 e. The number of aromatic hydroxyl groups is 1. The standard InChI is InChI=1S/C16H17NO/c18-16-14(12-6-3-1-2-4-7-12)10-9-13-8-5-11-17-15(13)16/h3,5-6,8-12,18H,1-2,4,7H2. The molecule has 1 aromatic heterocycles. The molecule has 0 spiro atoms. The molecular weight excluding hydrogens is 222 g/mol. The van der Waals surface area contributed by atoms with Crippen LogP contribution < -0.4 is 0 Å². The molecule has 0 amide bonds. The maximum absolute atomic E-state index is 10.4. The lowest BCUT2D eigenvalue weighted by Gasteiger charge is -2.14. The van der Waals surface area contributed by atoms with Crippen molar-refractivity contribution < 1.29 is 5.11 Å². The van der Waals surface area contributed by atoms with E-state index < -0.39 is 0 Å². The average Bonchev–Trinajstić information content (AvgIpc) is 2.68. The molecule has 3 rings (SSSR count). The number of hydrogen-bond acceptors (Lipinski definition) is 2. The van der Waals surface area contributed by atoms with Crippen molar-refractivity contribution in [2.75, 3.05) is 0 Å². The number of phenolic OH excluding ortho intramolecular Hbond substituents is 1. The van der Waals surface area contributed by atoms with Crippen molar-refractivity contribution in [3.8, 4) is 5.75 Å². The third-order valence-electron chi connectivity index (χ3n) is 3.68. The monoisotopic (exact) mass is 239 g/mol. The average molecular weight is 239 g/mol. The van der Waals surface area contributed by atoms with E-state index in [0.29, 0.717) is 17.2 Å². The maximum Gasteiger partial charge on any atom is 0.145 e. The molecule has 1 atom stereocenters. The van der Waals surface area contributed by atoms with Gasteiger partial charge in [-0.25, -0.2) is 0 Å². The number of fused-ring (bicyclic) bond motifs is 1. The van der Waals surface area contributed by atoms with Gasteiger partial charge >= 0.3 is 0 Å². The van der Waals surface area contributed by atoms with E-state index in [2.05, 4.69) is 23.2 Å². The summed E-state index contributed by atoms with van der Waals surface area (Å²) in [5.74, 6) is 0.684. The van der Waals surface area contributed by atoms with E-state index in [9.17, 15) is 5.11 Å². The maximum atomic E-state index is 10.4. The molecule has 1 heterocycles. The Morgan fingerprint density at radius 1 is 1.17 bits per heavy atom. The van der Waals surface area contributed by atoms with Crippen molar-refractivity contribution in [1.82, 2.24) is 4.98 Å². The minimum absolute atomic E-state index is 0.332. The van der Waals surface area contributed by atoms with E-state index in [1.54, 1.807) is 6.20 Å². The molecule has 1 aliphatic carbocycles. The molecule has 2 aromatic rings. The van der Waals surface area contributed by atoms with Crippen LogP contribution in [0.3, 0.4) is 0 Å². The van der Waals surface area contributed by atoms with Crippen molar-refractivity contribution in [1.29, 1.82) is 0 Å². The summed E-state index contributed by atoms with van der Waals surface area (Å²) in [5, 5.41) is 11.4. The molecule has 0 aliphatic heterocycles. The first-order valence-electron chi connectivity index (χ1n) is 6.59. The molecule has 0 bridgehead atoms. The van der Waals surface area contributed by atoms with Crippen LogP contribution in [0.2, 0.25) is 0 Å². The first-order chi connectivity index (χ1) is 8.86. The van der Waals surface area contributed by atoms with Gasteiger partial charge in [-0.2, -0.15) is 0 Å².